The van der Waals surface area contributed by atoms with Gasteiger partial charge in [-0.05, 0) is 57.9 Å². The maximum Gasteiger partial charge on any atom is 0.229 e. The number of hydrogen-bond acceptors (Lipinski definition) is 4. The third kappa shape index (κ3) is 4.15. The number of nitrogens with one attached hydrogen (secondary N) is 2. The maximum absolute atomic E-state index is 4.62. The number of aromatic nitrogens is 2. The lowest BCUT2D eigenvalue weighted by Crippen LogP contribution is -2.04. The van der Waals surface area contributed by atoms with Crippen LogP contribution in [0.2, 0.25) is 0 Å². The van der Waals surface area contributed by atoms with E-state index in [0.717, 1.165) is 22.9 Å². The van der Waals surface area contributed by atoms with Gasteiger partial charge in [0.15, 0.2) is 0 Å². The summed E-state index contributed by atoms with van der Waals surface area (Å²) in [5.41, 5.74) is 7.85. The van der Waals surface area contributed by atoms with Gasteiger partial charge in [0.25, 0.3) is 0 Å². The molecule has 0 saturated heterocycles. The van der Waals surface area contributed by atoms with Crippen molar-refractivity contribution in [3.05, 3.63) is 70.4 Å². The molecule has 4 nitrogen and oxygen atoms in total. The molecule has 0 atom stereocenters. The largest absolute Gasteiger partial charge is 0.340 e. The van der Waals surface area contributed by atoms with Crippen LogP contribution in [-0.2, 0) is 0 Å². The van der Waals surface area contributed by atoms with Gasteiger partial charge in [0, 0.05) is 23.1 Å². The summed E-state index contributed by atoms with van der Waals surface area (Å²) >= 11 is 0. The molecule has 0 saturated carbocycles. The molecule has 3 aromatic rings. The van der Waals surface area contributed by atoms with E-state index in [0.29, 0.717) is 5.95 Å². The molecule has 0 amide bonds. The first-order chi connectivity index (χ1) is 11.9. The fraction of sp³-hybridized carbons (Fsp3) is 0.238. The van der Waals surface area contributed by atoms with Crippen molar-refractivity contribution in [3.8, 4) is 0 Å². The molecule has 0 radical (unpaired) electrons. The third-order valence-electron chi connectivity index (χ3n) is 4.13. The zero-order valence-electron chi connectivity index (χ0n) is 15.4. The Labute approximate surface area is 149 Å². The lowest BCUT2D eigenvalue weighted by Gasteiger charge is -2.13. The van der Waals surface area contributed by atoms with E-state index in [1.807, 2.05) is 13.0 Å². The van der Waals surface area contributed by atoms with Crippen LogP contribution in [0.15, 0.2) is 42.5 Å². The summed E-state index contributed by atoms with van der Waals surface area (Å²) in [6.45, 7) is 10.3. The smallest absolute Gasteiger partial charge is 0.229 e. The molecule has 128 valence electrons. The van der Waals surface area contributed by atoms with E-state index in [4.69, 9.17) is 0 Å². The SMILES string of the molecule is Cc1ccc(Nc2cc(C)nc(Nc3ccc(C)cc3C)n2)c(C)c1. The van der Waals surface area contributed by atoms with E-state index in [1.54, 1.807) is 0 Å². The van der Waals surface area contributed by atoms with Gasteiger partial charge < -0.3 is 10.6 Å². The molecule has 0 fully saturated rings. The summed E-state index contributed by atoms with van der Waals surface area (Å²) in [6.07, 6.45) is 0. The summed E-state index contributed by atoms with van der Waals surface area (Å²) < 4.78 is 0. The highest BCUT2D eigenvalue weighted by molar-refractivity contribution is 5.64. The molecule has 0 spiro atoms. The average molecular weight is 332 g/mol. The van der Waals surface area contributed by atoms with Crippen molar-refractivity contribution >= 4 is 23.1 Å². The number of anilines is 4. The second kappa shape index (κ2) is 6.93. The zero-order valence-corrected chi connectivity index (χ0v) is 15.4. The maximum atomic E-state index is 4.62. The normalized spacial score (nSPS) is 10.6. The molecule has 0 aliphatic rings. The summed E-state index contributed by atoms with van der Waals surface area (Å²) in [7, 11) is 0. The first kappa shape index (κ1) is 17.0. The van der Waals surface area contributed by atoms with E-state index in [-0.39, 0.29) is 0 Å². The molecule has 0 bridgehead atoms. The van der Waals surface area contributed by atoms with Crippen LogP contribution in [0.1, 0.15) is 27.9 Å². The molecule has 2 N–H and O–H groups in total. The van der Waals surface area contributed by atoms with E-state index >= 15 is 0 Å². The van der Waals surface area contributed by atoms with Crippen molar-refractivity contribution in [3.63, 3.8) is 0 Å². The number of benzene rings is 2. The highest BCUT2D eigenvalue weighted by atomic mass is 15.1. The van der Waals surface area contributed by atoms with Gasteiger partial charge >= 0.3 is 0 Å². The zero-order chi connectivity index (χ0) is 18.0. The minimum atomic E-state index is 0.596. The Kier molecular flexibility index (Phi) is 4.70. The van der Waals surface area contributed by atoms with Crippen molar-refractivity contribution in [2.24, 2.45) is 0 Å². The molecule has 0 aliphatic carbocycles. The summed E-state index contributed by atoms with van der Waals surface area (Å²) in [6, 6.07) is 14.6. The molecule has 1 heterocycles. The van der Waals surface area contributed by atoms with Crippen molar-refractivity contribution in [2.45, 2.75) is 34.6 Å². The Bertz CT molecular complexity index is 844. The number of rotatable bonds is 4. The minimum absolute atomic E-state index is 0.596. The average Bonchev–Trinajstić information content (AvgIpc) is 2.52. The lowest BCUT2D eigenvalue weighted by atomic mass is 10.1. The van der Waals surface area contributed by atoms with Gasteiger partial charge in [0.1, 0.15) is 5.82 Å². The topological polar surface area (TPSA) is 49.8 Å². The Morgan fingerprint density at radius 3 is 1.76 bits per heavy atom. The van der Waals surface area contributed by atoms with Crippen molar-refractivity contribution in [2.75, 3.05) is 10.6 Å². The van der Waals surface area contributed by atoms with Crippen LogP contribution in [0.3, 0.4) is 0 Å². The van der Waals surface area contributed by atoms with Crippen LogP contribution in [0.5, 0.6) is 0 Å². The minimum Gasteiger partial charge on any atom is -0.340 e. The van der Waals surface area contributed by atoms with Gasteiger partial charge in [0.2, 0.25) is 5.95 Å². The lowest BCUT2D eigenvalue weighted by molar-refractivity contribution is 1.10. The molecule has 25 heavy (non-hydrogen) atoms. The van der Waals surface area contributed by atoms with Crippen LogP contribution < -0.4 is 10.6 Å². The Morgan fingerprint density at radius 1 is 0.640 bits per heavy atom. The predicted octanol–water partition coefficient (Wildman–Crippen LogP) is 5.51. The molecule has 1 aromatic heterocycles. The third-order valence-corrected chi connectivity index (χ3v) is 4.13. The Hall–Kier alpha value is -2.88. The van der Waals surface area contributed by atoms with E-state index in [9.17, 15) is 0 Å². The van der Waals surface area contributed by atoms with Gasteiger partial charge in [-0.3, -0.25) is 0 Å². The van der Waals surface area contributed by atoms with Gasteiger partial charge in [0.05, 0.1) is 0 Å². The van der Waals surface area contributed by atoms with E-state index in [1.165, 1.54) is 22.3 Å². The highest BCUT2D eigenvalue weighted by Gasteiger charge is 2.06. The van der Waals surface area contributed by atoms with E-state index in [2.05, 4.69) is 84.7 Å². The Balaban J connectivity index is 1.87. The second-order valence-electron chi connectivity index (χ2n) is 6.60. The molecule has 3 rings (SSSR count). The van der Waals surface area contributed by atoms with Gasteiger partial charge in [-0.25, -0.2) is 4.98 Å². The number of aryl methyl sites for hydroxylation is 5. The molecular formula is C21H24N4. The van der Waals surface area contributed by atoms with Gasteiger partial charge in [-0.1, -0.05) is 35.4 Å². The van der Waals surface area contributed by atoms with Crippen LogP contribution in [0.4, 0.5) is 23.1 Å². The molecule has 0 aliphatic heterocycles. The van der Waals surface area contributed by atoms with E-state index < -0.39 is 0 Å². The fourth-order valence-corrected chi connectivity index (χ4v) is 2.85. The number of hydrogen-bond donors (Lipinski definition) is 2. The van der Waals surface area contributed by atoms with Gasteiger partial charge in [-0.15, -0.1) is 0 Å². The quantitative estimate of drug-likeness (QED) is 0.662. The monoisotopic (exact) mass is 332 g/mol. The van der Waals surface area contributed by atoms with Crippen molar-refractivity contribution < 1.29 is 0 Å². The Morgan fingerprint density at radius 2 is 1.20 bits per heavy atom. The second-order valence-corrected chi connectivity index (χ2v) is 6.60. The summed E-state index contributed by atoms with van der Waals surface area (Å²) in [4.78, 5) is 9.13. The predicted molar refractivity (Wildman–Crippen MR) is 105 cm³/mol. The molecular weight excluding hydrogens is 308 g/mol. The van der Waals surface area contributed by atoms with Crippen LogP contribution in [0, 0.1) is 34.6 Å². The standard InChI is InChI=1S/C21H24N4/c1-13-6-8-18(15(3)10-13)23-20-12-17(5)22-21(25-20)24-19-9-7-14(2)11-16(19)4/h6-12H,1-5H3,(H2,22,23,24,25). The van der Waals surface area contributed by atoms with Crippen LogP contribution in [0.25, 0.3) is 0 Å². The molecule has 0 unspecified atom stereocenters. The van der Waals surface area contributed by atoms with Crippen LogP contribution in [-0.4, -0.2) is 9.97 Å². The summed E-state index contributed by atoms with van der Waals surface area (Å²) in [5, 5.41) is 6.73. The van der Waals surface area contributed by atoms with Gasteiger partial charge in [-0.2, -0.15) is 4.98 Å². The summed E-state index contributed by atoms with van der Waals surface area (Å²) in [5.74, 6) is 1.38. The molecule has 2 aromatic carbocycles. The van der Waals surface area contributed by atoms with Crippen LogP contribution >= 0.6 is 0 Å². The van der Waals surface area contributed by atoms with Crippen molar-refractivity contribution in [1.82, 2.24) is 9.97 Å². The number of nitrogens with zero attached hydrogens (tertiary/aromatic N) is 2. The first-order valence-corrected chi connectivity index (χ1v) is 8.45. The fourth-order valence-electron chi connectivity index (χ4n) is 2.85. The highest BCUT2D eigenvalue weighted by Crippen LogP contribution is 2.24. The first-order valence-electron chi connectivity index (χ1n) is 8.45. The van der Waals surface area contributed by atoms with Crippen molar-refractivity contribution in [1.29, 1.82) is 0 Å². The molecule has 4 heteroatoms.